The van der Waals surface area contributed by atoms with Crippen LogP contribution >= 0.6 is 22.6 Å². The molecule has 0 aliphatic carbocycles. The molecule has 0 bridgehead atoms. The zero-order chi connectivity index (χ0) is 20.1. The highest BCUT2D eigenvalue weighted by Crippen LogP contribution is 2.33. The van der Waals surface area contributed by atoms with Gasteiger partial charge in [0.1, 0.15) is 5.58 Å². The van der Waals surface area contributed by atoms with Gasteiger partial charge in [-0.05, 0) is 52.4 Å². The summed E-state index contributed by atoms with van der Waals surface area (Å²) in [5, 5.41) is 13.5. The number of amides is 1. The first-order valence-electron chi connectivity index (χ1n) is 8.02. The Morgan fingerprint density at radius 2 is 2.07 bits per heavy atom. The lowest BCUT2D eigenvalue weighted by Gasteiger charge is -2.12. The van der Waals surface area contributed by atoms with E-state index in [2.05, 4.69) is 10.5 Å². The average Bonchev–Trinajstić information content (AvgIpc) is 3.11. The van der Waals surface area contributed by atoms with Gasteiger partial charge >= 0.3 is 11.9 Å². The molecule has 1 aromatic heterocycles. The lowest BCUT2D eigenvalue weighted by atomic mass is 10.2. The summed E-state index contributed by atoms with van der Waals surface area (Å²) in [4.78, 5) is 22.9. The molecular weight excluding hydrogens is 479 g/mol. The summed E-state index contributed by atoms with van der Waals surface area (Å²) < 4.78 is 16.6. The maximum atomic E-state index is 12.2. The Labute approximate surface area is 173 Å². The second-order valence-corrected chi connectivity index (χ2v) is 6.73. The number of methoxy groups -OCH3 is 1. The zero-order valence-corrected chi connectivity index (χ0v) is 16.8. The highest BCUT2D eigenvalue weighted by atomic mass is 127. The lowest BCUT2D eigenvalue weighted by molar-refractivity contribution is -0.139. The number of halogens is 1. The Morgan fingerprint density at radius 1 is 1.29 bits per heavy atom. The first-order chi connectivity index (χ1) is 13.5. The third-order valence-electron chi connectivity index (χ3n) is 3.62. The van der Waals surface area contributed by atoms with E-state index in [-0.39, 0.29) is 5.76 Å². The number of carboxylic acid groups (broad SMARTS) is 1. The number of nitrogens with one attached hydrogen (secondary N) is 1. The summed E-state index contributed by atoms with van der Waals surface area (Å²) >= 11 is 2.00. The van der Waals surface area contributed by atoms with Gasteiger partial charge in [-0.2, -0.15) is 5.10 Å². The number of carbonyl (C=O) groups is 2. The number of rotatable bonds is 7. The molecule has 0 saturated heterocycles. The second kappa shape index (κ2) is 8.74. The summed E-state index contributed by atoms with van der Waals surface area (Å²) in [6, 6.07) is 12.3. The van der Waals surface area contributed by atoms with E-state index in [1.165, 1.54) is 13.3 Å². The number of nitrogens with zero attached hydrogens (tertiary/aromatic N) is 1. The SMILES string of the molecule is COc1cc(/C=N/NC(=O)c2cc3ccccc3o2)cc(I)c1OCC(=O)O. The van der Waals surface area contributed by atoms with Crippen LogP contribution in [0.1, 0.15) is 16.1 Å². The van der Waals surface area contributed by atoms with Crippen molar-refractivity contribution in [2.45, 2.75) is 0 Å². The molecular formula is C19H15IN2O6. The van der Waals surface area contributed by atoms with E-state index in [0.717, 1.165) is 5.39 Å². The van der Waals surface area contributed by atoms with Gasteiger partial charge in [0.25, 0.3) is 0 Å². The lowest BCUT2D eigenvalue weighted by Crippen LogP contribution is -2.16. The molecule has 8 nitrogen and oxygen atoms in total. The fraction of sp³-hybridized carbons (Fsp3) is 0.105. The summed E-state index contributed by atoms with van der Waals surface area (Å²) in [5.41, 5.74) is 3.66. The van der Waals surface area contributed by atoms with Gasteiger partial charge in [0.15, 0.2) is 23.9 Å². The summed E-state index contributed by atoms with van der Waals surface area (Å²) in [5.74, 6) is -0.720. The van der Waals surface area contributed by atoms with Gasteiger partial charge in [-0.3, -0.25) is 4.79 Å². The minimum atomic E-state index is -1.09. The van der Waals surface area contributed by atoms with Crippen molar-refractivity contribution in [1.29, 1.82) is 0 Å². The Morgan fingerprint density at radius 3 is 2.79 bits per heavy atom. The molecule has 3 aromatic rings. The maximum absolute atomic E-state index is 12.2. The molecule has 9 heteroatoms. The van der Waals surface area contributed by atoms with Crippen molar-refractivity contribution in [2.24, 2.45) is 5.10 Å². The molecule has 2 aromatic carbocycles. The van der Waals surface area contributed by atoms with Crippen LogP contribution in [0.25, 0.3) is 11.0 Å². The summed E-state index contributed by atoms with van der Waals surface area (Å²) in [6.07, 6.45) is 1.44. The molecule has 0 radical (unpaired) electrons. The van der Waals surface area contributed by atoms with Crippen LogP contribution in [-0.2, 0) is 4.79 Å². The molecule has 144 valence electrons. The van der Waals surface area contributed by atoms with Gasteiger partial charge in [-0.25, -0.2) is 10.2 Å². The van der Waals surface area contributed by atoms with Crippen LogP contribution in [0, 0.1) is 3.57 Å². The minimum absolute atomic E-state index is 0.155. The Balaban J connectivity index is 1.71. The first-order valence-corrected chi connectivity index (χ1v) is 9.10. The monoisotopic (exact) mass is 494 g/mol. The van der Waals surface area contributed by atoms with Crippen LogP contribution in [0.2, 0.25) is 0 Å². The molecule has 28 heavy (non-hydrogen) atoms. The Hall–Kier alpha value is -3.08. The van der Waals surface area contributed by atoms with Gasteiger partial charge in [-0.1, -0.05) is 18.2 Å². The van der Waals surface area contributed by atoms with Crippen molar-refractivity contribution >= 4 is 51.7 Å². The van der Waals surface area contributed by atoms with Crippen LogP contribution in [0.4, 0.5) is 0 Å². The summed E-state index contributed by atoms with van der Waals surface area (Å²) in [6.45, 7) is -0.479. The molecule has 0 spiro atoms. The van der Waals surface area contributed by atoms with Crippen molar-refractivity contribution < 1.29 is 28.6 Å². The number of ether oxygens (including phenoxy) is 2. The molecule has 0 aliphatic heterocycles. The topological polar surface area (TPSA) is 110 Å². The molecule has 0 fully saturated rings. The van der Waals surface area contributed by atoms with E-state index in [0.29, 0.717) is 26.2 Å². The quantitative estimate of drug-likeness (QED) is 0.297. The van der Waals surface area contributed by atoms with Crippen LogP contribution in [0.3, 0.4) is 0 Å². The van der Waals surface area contributed by atoms with Gasteiger partial charge < -0.3 is 19.0 Å². The standard InChI is InChI=1S/C19H15IN2O6/c1-26-15-7-11(6-13(20)18(15)27-10-17(23)24)9-21-22-19(25)16-8-12-4-2-3-5-14(12)28-16/h2-9H,10H2,1H3,(H,22,25)(H,23,24)/b21-9+. The predicted molar refractivity (Wildman–Crippen MR) is 110 cm³/mol. The van der Waals surface area contributed by atoms with Crippen LogP contribution in [0.15, 0.2) is 52.0 Å². The highest BCUT2D eigenvalue weighted by molar-refractivity contribution is 14.1. The number of furan rings is 1. The first kappa shape index (κ1) is 19.7. The Kier molecular flexibility index (Phi) is 6.14. The van der Waals surface area contributed by atoms with E-state index in [9.17, 15) is 9.59 Å². The smallest absolute Gasteiger partial charge is 0.341 e. The van der Waals surface area contributed by atoms with Crippen LogP contribution in [0.5, 0.6) is 11.5 Å². The third kappa shape index (κ3) is 4.60. The second-order valence-electron chi connectivity index (χ2n) is 5.56. The van der Waals surface area contributed by atoms with Crippen molar-refractivity contribution in [3.05, 3.63) is 57.4 Å². The number of carbonyl (C=O) groups excluding carboxylic acids is 1. The molecule has 0 atom stereocenters. The van der Waals surface area contributed by atoms with Gasteiger partial charge in [0, 0.05) is 5.39 Å². The fourth-order valence-corrected chi connectivity index (χ4v) is 3.18. The average molecular weight is 494 g/mol. The highest BCUT2D eigenvalue weighted by Gasteiger charge is 2.13. The van der Waals surface area contributed by atoms with Gasteiger partial charge in [-0.15, -0.1) is 0 Å². The molecule has 1 amide bonds. The molecule has 3 rings (SSSR count). The third-order valence-corrected chi connectivity index (χ3v) is 4.42. The van der Waals surface area contributed by atoms with Crippen LogP contribution < -0.4 is 14.9 Å². The number of aliphatic carboxylic acids is 1. The van der Waals surface area contributed by atoms with E-state index in [4.69, 9.17) is 19.0 Å². The zero-order valence-electron chi connectivity index (χ0n) is 14.6. The van der Waals surface area contributed by atoms with E-state index < -0.39 is 18.5 Å². The number of benzene rings is 2. The number of carboxylic acids is 1. The molecule has 0 aliphatic rings. The largest absolute Gasteiger partial charge is 0.493 e. The number of hydrogen-bond acceptors (Lipinski definition) is 6. The number of para-hydroxylation sites is 1. The van der Waals surface area contributed by atoms with Gasteiger partial charge in [0.2, 0.25) is 0 Å². The van der Waals surface area contributed by atoms with Gasteiger partial charge in [0.05, 0.1) is 16.9 Å². The molecule has 0 saturated carbocycles. The minimum Gasteiger partial charge on any atom is -0.493 e. The molecule has 2 N–H and O–H groups in total. The normalized spacial score (nSPS) is 10.9. The van der Waals surface area contributed by atoms with E-state index in [1.54, 1.807) is 24.3 Å². The fourth-order valence-electron chi connectivity index (χ4n) is 2.40. The maximum Gasteiger partial charge on any atom is 0.341 e. The molecule has 0 unspecified atom stereocenters. The van der Waals surface area contributed by atoms with Crippen molar-refractivity contribution in [3.63, 3.8) is 0 Å². The van der Waals surface area contributed by atoms with Crippen LogP contribution in [-0.4, -0.2) is 36.9 Å². The van der Waals surface area contributed by atoms with E-state index >= 15 is 0 Å². The number of fused-ring (bicyclic) bond motifs is 1. The van der Waals surface area contributed by atoms with E-state index in [1.807, 2.05) is 40.8 Å². The van der Waals surface area contributed by atoms with Crippen molar-refractivity contribution in [2.75, 3.05) is 13.7 Å². The number of hydrazone groups is 1. The predicted octanol–water partition coefficient (Wildman–Crippen LogP) is 3.27. The van der Waals surface area contributed by atoms with Crippen molar-refractivity contribution in [1.82, 2.24) is 5.43 Å². The molecule has 1 heterocycles. The number of hydrogen-bond donors (Lipinski definition) is 2. The Bertz CT molecular complexity index is 1030. The van der Waals surface area contributed by atoms with Crippen molar-refractivity contribution in [3.8, 4) is 11.5 Å². The summed E-state index contributed by atoms with van der Waals surface area (Å²) in [7, 11) is 1.45.